The standard InChI is InChI=1S/C16H24N4O/c1-2-18-15-11-17-7-5-14(15)16(21)19-12-6-9-20-8-3-4-13(20)10-12/h5,7,11-13,18H,2-4,6,8-10H2,1H3,(H,19,21). The maximum absolute atomic E-state index is 12.5. The molecule has 1 aromatic heterocycles. The SMILES string of the molecule is CCNc1cnccc1C(=O)NC1CCN2CCCC2C1. The Morgan fingerprint density at radius 1 is 1.43 bits per heavy atom. The quantitative estimate of drug-likeness (QED) is 0.888. The van der Waals surface area contributed by atoms with Crippen molar-refractivity contribution in [3.8, 4) is 0 Å². The summed E-state index contributed by atoms with van der Waals surface area (Å²) in [5.74, 6) is 0.0183. The highest BCUT2D eigenvalue weighted by Crippen LogP contribution is 2.27. The summed E-state index contributed by atoms with van der Waals surface area (Å²) in [5.41, 5.74) is 1.51. The lowest BCUT2D eigenvalue weighted by Crippen LogP contribution is -2.47. The highest BCUT2D eigenvalue weighted by atomic mass is 16.1. The summed E-state index contributed by atoms with van der Waals surface area (Å²) in [5, 5.41) is 6.41. The van der Waals surface area contributed by atoms with E-state index in [1.54, 1.807) is 18.5 Å². The number of carbonyl (C=O) groups is 1. The van der Waals surface area contributed by atoms with Crippen LogP contribution in [0.5, 0.6) is 0 Å². The second kappa shape index (κ2) is 6.43. The number of fused-ring (bicyclic) bond motifs is 1. The highest BCUT2D eigenvalue weighted by molar-refractivity contribution is 5.99. The largest absolute Gasteiger partial charge is 0.383 e. The van der Waals surface area contributed by atoms with Crippen LogP contribution in [0.1, 0.15) is 43.0 Å². The Hall–Kier alpha value is -1.62. The van der Waals surface area contributed by atoms with E-state index in [-0.39, 0.29) is 5.91 Å². The van der Waals surface area contributed by atoms with Gasteiger partial charge in [-0.3, -0.25) is 9.78 Å². The molecule has 21 heavy (non-hydrogen) atoms. The second-order valence-corrected chi connectivity index (χ2v) is 5.98. The normalized spacial score (nSPS) is 25.4. The lowest BCUT2D eigenvalue weighted by molar-refractivity contribution is 0.0897. The molecule has 2 aliphatic rings. The lowest BCUT2D eigenvalue weighted by Gasteiger charge is -2.35. The van der Waals surface area contributed by atoms with Crippen LogP contribution in [0.2, 0.25) is 0 Å². The van der Waals surface area contributed by atoms with Gasteiger partial charge in [0, 0.05) is 31.4 Å². The first-order valence-corrected chi connectivity index (χ1v) is 8.00. The molecular weight excluding hydrogens is 264 g/mol. The summed E-state index contributed by atoms with van der Waals surface area (Å²) in [6, 6.07) is 2.77. The summed E-state index contributed by atoms with van der Waals surface area (Å²) < 4.78 is 0. The Morgan fingerprint density at radius 2 is 2.33 bits per heavy atom. The van der Waals surface area contributed by atoms with Crippen LogP contribution in [0.15, 0.2) is 18.5 Å². The average molecular weight is 288 g/mol. The molecule has 2 atom stereocenters. The van der Waals surface area contributed by atoms with E-state index in [0.717, 1.165) is 31.6 Å². The number of aromatic nitrogens is 1. The number of piperidine rings is 1. The zero-order valence-electron chi connectivity index (χ0n) is 12.6. The van der Waals surface area contributed by atoms with Gasteiger partial charge in [0.1, 0.15) is 0 Å². The number of amides is 1. The minimum absolute atomic E-state index is 0.0183. The van der Waals surface area contributed by atoms with Crippen LogP contribution < -0.4 is 10.6 Å². The van der Waals surface area contributed by atoms with Crippen LogP contribution in [-0.4, -0.2) is 47.5 Å². The van der Waals surface area contributed by atoms with Crippen LogP contribution in [0.4, 0.5) is 5.69 Å². The first-order chi connectivity index (χ1) is 10.3. The molecule has 0 bridgehead atoms. The van der Waals surface area contributed by atoms with Gasteiger partial charge in [-0.15, -0.1) is 0 Å². The van der Waals surface area contributed by atoms with Gasteiger partial charge >= 0.3 is 0 Å². The molecule has 5 nitrogen and oxygen atoms in total. The van der Waals surface area contributed by atoms with Crippen LogP contribution in [0.3, 0.4) is 0 Å². The second-order valence-electron chi connectivity index (χ2n) is 5.98. The number of rotatable bonds is 4. The van der Waals surface area contributed by atoms with E-state index in [1.807, 2.05) is 6.92 Å². The molecule has 1 amide bonds. The van der Waals surface area contributed by atoms with E-state index < -0.39 is 0 Å². The molecule has 2 N–H and O–H groups in total. The predicted octanol–water partition coefficient (Wildman–Crippen LogP) is 1.87. The van der Waals surface area contributed by atoms with Crippen LogP contribution >= 0.6 is 0 Å². The summed E-state index contributed by atoms with van der Waals surface area (Å²) in [6.45, 7) is 5.16. The number of hydrogen-bond donors (Lipinski definition) is 2. The van der Waals surface area contributed by atoms with Crippen molar-refractivity contribution < 1.29 is 4.79 Å². The van der Waals surface area contributed by atoms with Crippen molar-refractivity contribution >= 4 is 11.6 Å². The number of nitrogens with zero attached hydrogens (tertiary/aromatic N) is 2. The van der Waals surface area contributed by atoms with Crippen molar-refractivity contribution in [2.75, 3.05) is 25.0 Å². The van der Waals surface area contributed by atoms with E-state index in [2.05, 4.69) is 20.5 Å². The number of hydrogen-bond acceptors (Lipinski definition) is 4. The van der Waals surface area contributed by atoms with Gasteiger partial charge in [0.2, 0.25) is 0 Å². The summed E-state index contributed by atoms with van der Waals surface area (Å²) in [6.07, 6.45) is 8.13. The third kappa shape index (κ3) is 3.18. The molecule has 2 fully saturated rings. The minimum atomic E-state index is 0.0183. The van der Waals surface area contributed by atoms with Gasteiger partial charge in [-0.05, 0) is 45.2 Å². The maximum atomic E-state index is 12.5. The fraction of sp³-hybridized carbons (Fsp3) is 0.625. The van der Waals surface area contributed by atoms with Gasteiger partial charge < -0.3 is 15.5 Å². The van der Waals surface area contributed by atoms with Crippen LogP contribution in [-0.2, 0) is 0 Å². The van der Waals surface area contributed by atoms with Crippen molar-refractivity contribution in [3.05, 3.63) is 24.0 Å². The van der Waals surface area contributed by atoms with E-state index in [1.165, 1.54) is 19.4 Å². The van der Waals surface area contributed by atoms with Gasteiger partial charge in [-0.1, -0.05) is 0 Å². The van der Waals surface area contributed by atoms with Crippen LogP contribution in [0.25, 0.3) is 0 Å². The molecule has 2 saturated heterocycles. The average Bonchev–Trinajstić information content (AvgIpc) is 2.95. The molecule has 3 heterocycles. The molecular formula is C16H24N4O. The molecule has 3 rings (SSSR count). The van der Waals surface area contributed by atoms with Gasteiger partial charge in [0.15, 0.2) is 0 Å². The zero-order valence-corrected chi connectivity index (χ0v) is 12.6. The number of carbonyl (C=O) groups excluding carboxylic acids is 1. The Morgan fingerprint density at radius 3 is 3.19 bits per heavy atom. The van der Waals surface area contributed by atoms with E-state index in [0.29, 0.717) is 17.6 Å². The van der Waals surface area contributed by atoms with Crippen molar-refractivity contribution in [1.29, 1.82) is 0 Å². The van der Waals surface area contributed by atoms with Gasteiger partial charge in [-0.2, -0.15) is 0 Å². The van der Waals surface area contributed by atoms with Gasteiger partial charge in [0.25, 0.3) is 5.91 Å². The van der Waals surface area contributed by atoms with Crippen molar-refractivity contribution in [3.63, 3.8) is 0 Å². The molecule has 2 unspecified atom stereocenters. The minimum Gasteiger partial charge on any atom is -0.383 e. The van der Waals surface area contributed by atoms with Crippen molar-refractivity contribution in [2.45, 2.75) is 44.7 Å². The van der Waals surface area contributed by atoms with Gasteiger partial charge in [0.05, 0.1) is 17.4 Å². The molecule has 0 spiro atoms. The summed E-state index contributed by atoms with van der Waals surface area (Å²) in [4.78, 5) is 19.2. The zero-order chi connectivity index (χ0) is 14.7. The molecule has 0 saturated carbocycles. The predicted molar refractivity (Wildman–Crippen MR) is 83.5 cm³/mol. The lowest BCUT2D eigenvalue weighted by atomic mass is 9.97. The molecule has 0 aromatic carbocycles. The molecule has 2 aliphatic heterocycles. The van der Waals surface area contributed by atoms with E-state index in [4.69, 9.17) is 0 Å². The van der Waals surface area contributed by atoms with Gasteiger partial charge in [-0.25, -0.2) is 0 Å². The first kappa shape index (κ1) is 14.3. The Kier molecular flexibility index (Phi) is 4.39. The number of nitrogens with one attached hydrogen (secondary N) is 2. The monoisotopic (exact) mass is 288 g/mol. The highest BCUT2D eigenvalue weighted by Gasteiger charge is 2.32. The molecule has 1 aromatic rings. The third-order valence-corrected chi connectivity index (χ3v) is 4.59. The van der Waals surface area contributed by atoms with E-state index >= 15 is 0 Å². The summed E-state index contributed by atoms with van der Waals surface area (Å²) in [7, 11) is 0. The molecule has 114 valence electrons. The third-order valence-electron chi connectivity index (χ3n) is 4.59. The van der Waals surface area contributed by atoms with E-state index in [9.17, 15) is 4.79 Å². The van der Waals surface area contributed by atoms with Crippen molar-refractivity contribution in [1.82, 2.24) is 15.2 Å². The fourth-order valence-electron chi connectivity index (χ4n) is 3.54. The topological polar surface area (TPSA) is 57.3 Å². The smallest absolute Gasteiger partial charge is 0.253 e. The Bertz CT molecular complexity index is 505. The van der Waals surface area contributed by atoms with Crippen molar-refractivity contribution in [2.24, 2.45) is 0 Å². The molecule has 0 radical (unpaired) electrons. The Labute approximate surface area is 126 Å². The number of pyridine rings is 1. The molecule has 5 heteroatoms. The molecule has 0 aliphatic carbocycles. The fourth-order valence-corrected chi connectivity index (χ4v) is 3.54. The van der Waals surface area contributed by atoms with Crippen LogP contribution in [0, 0.1) is 0 Å². The Balaban J connectivity index is 1.63. The maximum Gasteiger partial charge on any atom is 0.253 e. The first-order valence-electron chi connectivity index (χ1n) is 8.00. The number of anilines is 1. The summed E-state index contributed by atoms with van der Waals surface area (Å²) >= 11 is 0.